The number of benzene rings is 3. The van der Waals surface area contributed by atoms with Gasteiger partial charge < -0.3 is 10.1 Å². The van der Waals surface area contributed by atoms with E-state index in [9.17, 15) is 15.2 Å². The molecule has 174 valence electrons. The standard InChI is InChI=1S/C28H18BrN5O2/c1-14-23-25(17-7-3-5-15-6-4-8-18(24(15)17)28(35)36)20(12-30)26(32-27(23)34(2)33-14)21-13-31-22-10-9-16(29)11-19(21)22/h3-11,13,31H,1-2H3,(H,35,36). The van der Waals surface area contributed by atoms with Crippen molar-refractivity contribution in [1.29, 1.82) is 5.26 Å². The molecule has 0 spiro atoms. The van der Waals surface area contributed by atoms with Gasteiger partial charge in [-0.15, -0.1) is 0 Å². The van der Waals surface area contributed by atoms with Gasteiger partial charge >= 0.3 is 5.97 Å². The Bertz CT molecular complexity index is 1920. The van der Waals surface area contributed by atoms with E-state index in [2.05, 4.69) is 32.1 Å². The Morgan fingerprint density at radius 1 is 1.11 bits per heavy atom. The van der Waals surface area contributed by atoms with Crippen LogP contribution in [0, 0.1) is 18.3 Å². The van der Waals surface area contributed by atoms with Gasteiger partial charge in [-0.25, -0.2) is 9.78 Å². The Labute approximate surface area is 213 Å². The number of aromatic carboxylic acids is 1. The summed E-state index contributed by atoms with van der Waals surface area (Å²) in [6.07, 6.45) is 1.85. The van der Waals surface area contributed by atoms with Crippen LogP contribution in [-0.4, -0.2) is 30.8 Å². The first-order valence-corrected chi connectivity index (χ1v) is 12.0. The lowest BCUT2D eigenvalue weighted by atomic mass is 9.88. The number of hydrogen-bond donors (Lipinski definition) is 2. The van der Waals surface area contributed by atoms with E-state index < -0.39 is 5.97 Å². The zero-order valence-electron chi connectivity index (χ0n) is 19.3. The minimum Gasteiger partial charge on any atom is -0.478 e. The van der Waals surface area contributed by atoms with Crippen LogP contribution in [0.15, 0.2) is 65.3 Å². The molecule has 0 saturated carbocycles. The van der Waals surface area contributed by atoms with Gasteiger partial charge in [-0.3, -0.25) is 4.68 Å². The molecule has 0 aliphatic rings. The van der Waals surface area contributed by atoms with Crippen LogP contribution in [0.25, 0.3) is 55.1 Å². The minimum absolute atomic E-state index is 0.177. The minimum atomic E-state index is -1.03. The normalized spacial score (nSPS) is 11.4. The maximum Gasteiger partial charge on any atom is 0.336 e. The number of H-pyrrole nitrogens is 1. The second-order valence-electron chi connectivity index (χ2n) is 8.64. The molecule has 0 fully saturated rings. The molecule has 0 atom stereocenters. The molecule has 8 heteroatoms. The molecular weight excluding hydrogens is 518 g/mol. The van der Waals surface area contributed by atoms with Gasteiger partial charge in [0.15, 0.2) is 5.65 Å². The number of hydrogen-bond acceptors (Lipinski definition) is 4. The lowest BCUT2D eigenvalue weighted by molar-refractivity contribution is 0.0699. The zero-order chi connectivity index (χ0) is 25.1. The molecular formula is C28H18BrN5O2. The Morgan fingerprint density at radius 3 is 2.64 bits per heavy atom. The lowest BCUT2D eigenvalue weighted by Crippen LogP contribution is -2.01. The van der Waals surface area contributed by atoms with E-state index in [1.165, 1.54) is 0 Å². The number of halogens is 1. The molecule has 2 N–H and O–H groups in total. The van der Waals surface area contributed by atoms with Crippen LogP contribution in [0.2, 0.25) is 0 Å². The van der Waals surface area contributed by atoms with Crippen LogP contribution in [-0.2, 0) is 7.05 Å². The first-order chi connectivity index (χ1) is 17.4. The first-order valence-electron chi connectivity index (χ1n) is 11.2. The van der Waals surface area contributed by atoms with Crippen molar-refractivity contribution in [3.63, 3.8) is 0 Å². The topological polar surface area (TPSA) is 108 Å². The third kappa shape index (κ3) is 3.13. The number of rotatable bonds is 3. The van der Waals surface area contributed by atoms with Gasteiger partial charge in [-0.1, -0.05) is 46.3 Å². The fourth-order valence-corrected chi connectivity index (χ4v) is 5.42. The highest BCUT2D eigenvalue weighted by molar-refractivity contribution is 9.10. The lowest BCUT2D eigenvalue weighted by Gasteiger charge is -2.15. The first kappa shape index (κ1) is 22.0. The molecule has 0 amide bonds. The van der Waals surface area contributed by atoms with E-state index >= 15 is 0 Å². The molecule has 3 aromatic heterocycles. The number of carboxylic acids is 1. The molecule has 0 aliphatic carbocycles. The monoisotopic (exact) mass is 535 g/mol. The quantitative estimate of drug-likeness (QED) is 0.266. The highest BCUT2D eigenvalue weighted by Gasteiger charge is 2.26. The smallest absolute Gasteiger partial charge is 0.336 e. The molecule has 6 aromatic rings. The summed E-state index contributed by atoms with van der Waals surface area (Å²) < 4.78 is 2.61. The summed E-state index contributed by atoms with van der Waals surface area (Å²) in [7, 11) is 1.82. The van der Waals surface area contributed by atoms with Crippen molar-refractivity contribution >= 4 is 54.6 Å². The molecule has 7 nitrogen and oxygen atoms in total. The van der Waals surface area contributed by atoms with Crippen molar-refractivity contribution in [1.82, 2.24) is 19.7 Å². The van der Waals surface area contributed by atoms with Gasteiger partial charge in [0.05, 0.1) is 27.9 Å². The largest absolute Gasteiger partial charge is 0.478 e. The van der Waals surface area contributed by atoms with E-state index in [0.29, 0.717) is 39.1 Å². The Kier molecular flexibility index (Phi) is 4.92. The van der Waals surface area contributed by atoms with E-state index in [4.69, 9.17) is 4.98 Å². The van der Waals surface area contributed by atoms with Gasteiger partial charge in [-0.05, 0) is 42.1 Å². The predicted octanol–water partition coefficient (Wildman–Crippen LogP) is 6.58. The van der Waals surface area contributed by atoms with Crippen molar-refractivity contribution in [2.24, 2.45) is 7.05 Å². The number of aryl methyl sites for hydroxylation is 2. The van der Waals surface area contributed by atoms with Gasteiger partial charge in [0.2, 0.25) is 0 Å². The third-order valence-electron chi connectivity index (χ3n) is 6.56. The maximum absolute atomic E-state index is 12.2. The number of aromatic nitrogens is 4. The second-order valence-corrected chi connectivity index (χ2v) is 9.55. The fraction of sp³-hybridized carbons (Fsp3) is 0.0714. The molecule has 0 radical (unpaired) electrons. The van der Waals surface area contributed by atoms with Crippen LogP contribution in [0.4, 0.5) is 0 Å². The summed E-state index contributed by atoms with van der Waals surface area (Å²) in [5.41, 5.74) is 5.37. The average molecular weight is 536 g/mol. The van der Waals surface area contributed by atoms with Crippen molar-refractivity contribution in [2.75, 3.05) is 0 Å². The molecule has 3 heterocycles. The molecule has 0 unspecified atom stereocenters. The average Bonchev–Trinajstić information content (AvgIpc) is 3.41. The van der Waals surface area contributed by atoms with Crippen LogP contribution < -0.4 is 0 Å². The summed E-state index contributed by atoms with van der Waals surface area (Å²) in [5, 5.41) is 28.1. The summed E-state index contributed by atoms with van der Waals surface area (Å²) in [5.74, 6) is -1.03. The van der Waals surface area contributed by atoms with E-state index in [1.54, 1.807) is 16.8 Å². The van der Waals surface area contributed by atoms with Crippen molar-refractivity contribution in [3.8, 4) is 28.5 Å². The van der Waals surface area contributed by atoms with Gasteiger partial charge in [0.1, 0.15) is 6.07 Å². The zero-order valence-corrected chi connectivity index (χ0v) is 20.9. The Balaban J connectivity index is 1.83. The number of nitrogens with zero attached hydrogens (tertiary/aromatic N) is 4. The number of fused-ring (bicyclic) bond motifs is 3. The molecule has 3 aromatic carbocycles. The van der Waals surface area contributed by atoms with Crippen molar-refractivity contribution in [3.05, 3.63) is 82.1 Å². The summed E-state index contributed by atoms with van der Waals surface area (Å²) in [6, 6.07) is 19.1. The number of nitrogens with one attached hydrogen (secondary N) is 1. The number of carbonyl (C=O) groups is 1. The molecule has 36 heavy (non-hydrogen) atoms. The number of pyridine rings is 1. The van der Waals surface area contributed by atoms with E-state index in [0.717, 1.165) is 31.7 Å². The van der Waals surface area contributed by atoms with Crippen LogP contribution in [0.5, 0.6) is 0 Å². The van der Waals surface area contributed by atoms with Crippen LogP contribution in [0.1, 0.15) is 21.6 Å². The second kappa shape index (κ2) is 8.04. The van der Waals surface area contributed by atoms with E-state index in [-0.39, 0.29) is 5.56 Å². The van der Waals surface area contributed by atoms with Gasteiger partial charge in [0, 0.05) is 45.1 Å². The van der Waals surface area contributed by atoms with Gasteiger partial charge in [-0.2, -0.15) is 10.4 Å². The summed E-state index contributed by atoms with van der Waals surface area (Å²) >= 11 is 3.54. The van der Waals surface area contributed by atoms with Crippen molar-refractivity contribution < 1.29 is 9.90 Å². The van der Waals surface area contributed by atoms with E-state index in [1.807, 2.05) is 62.6 Å². The molecule has 0 aliphatic heterocycles. The van der Waals surface area contributed by atoms with Crippen LogP contribution in [0.3, 0.4) is 0 Å². The van der Waals surface area contributed by atoms with Crippen LogP contribution >= 0.6 is 15.9 Å². The number of aromatic amines is 1. The maximum atomic E-state index is 12.2. The van der Waals surface area contributed by atoms with Gasteiger partial charge in [0.25, 0.3) is 0 Å². The predicted molar refractivity (Wildman–Crippen MR) is 143 cm³/mol. The Morgan fingerprint density at radius 2 is 1.89 bits per heavy atom. The molecule has 0 saturated heterocycles. The molecule has 0 bridgehead atoms. The highest BCUT2D eigenvalue weighted by atomic mass is 79.9. The fourth-order valence-electron chi connectivity index (χ4n) is 5.06. The SMILES string of the molecule is Cc1nn(C)c2nc(-c3c[nH]c4ccc(Br)cc34)c(C#N)c(-c3cccc4cccc(C(=O)O)c34)c12. The molecule has 6 rings (SSSR count). The summed E-state index contributed by atoms with van der Waals surface area (Å²) in [4.78, 5) is 20.4. The third-order valence-corrected chi connectivity index (χ3v) is 7.05. The van der Waals surface area contributed by atoms with Crippen molar-refractivity contribution in [2.45, 2.75) is 6.92 Å². The summed E-state index contributed by atoms with van der Waals surface area (Å²) in [6.45, 7) is 1.88. The highest BCUT2D eigenvalue weighted by Crippen LogP contribution is 2.43. The number of carboxylic acid groups (broad SMARTS) is 1. The Hall–Kier alpha value is -4.48. The number of nitriles is 1.